The van der Waals surface area contributed by atoms with E-state index in [1.54, 1.807) is 0 Å². The number of oxazole rings is 1. The van der Waals surface area contributed by atoms with Crippen molar-refractivity contribution >= 4 is 17.6 Å². The molecule has 0 fully saturated rings. The van der Waals surface area contributed by atoms with Crippen LogP contribution in [0.1, 0.15) is 5.56 Å². The SMILES string of the molecule is N=C(N)c1cc(F)c(Sc2ncco2)c(F)c1. The fourth-order valence-electron chi connectivity index (χ4n) is 1.16. The maximum atomic E-state index is 13.6. The van der Waals surface area contributed by atoms with E-state index >= 15 is 0 Å². The van der Waals surface area contributed by atoms with Crippen molar-refractivity contribution in [3.8, 4) is 0 Å². The summed E-state index contributed by atoms with van der Waals surface area (Å²) in [7, 11) is 0. The van der Waals surface area contributed by atoms with Gasteiger partial charge in [-0.05, 0) is 23.9 Å². The molecule has 0 radical (unpaired) electrons. The van der Waals surface area contributed by atoms with E-state index in [1.807, 2.05) is 0 Å². The van der Waals surface area contributed by atoms with Crippen molar-refractivity contribution in [1.29, 1.82) is 5.41 Å². The largest absolute Gasteiger partial charge is 0.440 e. The first kappa shape index (κ1) is 11.6. The number of nitrogens with two attached hydrogens (primary N) is 1. The van der Waals surface area contributed by atoms with Crippen molar-refractivity contribution in [3.63, 3.8) is 0 Å². The molecule has 7 heteroatoms. The summed E-state index contributed by atoms with van der Waals surface area (Å²) in [5.74, 6) is -2.01. The minimum absolute atomic E-state index is 0.00301. The molecule has 0 spiro atoms. The molecule has 0 aliphatic rings. The number of aromatic nitrogens is 1. The number of rotatable bonds is 3. The van der Waals surface area contributed by atoms with Crippen molar-refractivity contribution in [2.75, 3.05) is 0 Å². The van der Waals surface area contributed by atoms with Gasteiger partial charge in [-0.3, -0.25) is 5.41 Å². The van der Waals surface area contributed by atoms with Gasteiger partial charge in [0.05, 0.1) is 11.1 Å². The van der Waals surface area contributed by atoms with Gasteiger partial charge in [0.15, 0.2) is 0 Å². The van der Waals surface area contributed by atoms with Crippen LogP contribution in [-0.4, -0.2) is 10.8 Å². The number of benzene rings is 1. The zero-order chi connectivity index (χ0) is 12.4. The van der Waals surface area contributed by atoms with Gasteiger partial charge in [-0.2, -0.15) is 0 Å². The van der Waals surface area contributed by atoms with Crippen LogP contribution in [0.4, 0.5) is 8.78 Å². The highest BCUT2D eigenvalue weighted by molar-refractivity contribution is 7.99. The quantitative estimate of drug-likeness (QED) is 0.652. The lowest BCUT2D eigenvalue weighted by atomic mass is 10.2. The second kappa shape index (κ2) is 4.54. The van der Waals surface area contributed by atoms with Crippen molar-refractivity contribution in [2.45, 2.75) is 10.1 Å². The van der Waals surface area contributed by atoms with Gasteiger partial charge in [0.2, 0.25) is 0 Å². The molecule has 0 saturated carbocycles. The Morgan fingerprint density at radius 2 is 2.00 bits per heavy atom. The highest BCUT2D eigenvalue weighted by atomic mass is 32.2. The summed E-state index contributed by atoms with van der Waals surface area (Å²) in [5.41, 5.74) is 5.15. The zero-order valence-electron chi connectivity index (χ0n) is 8.41. The second-order valence-corrected chi connectivity index (χ2v) is 4.04. The van der Waals surface area contributed by atoms with E-state index in [2.05, 4.69) is 4.98 Å². The van der Waals surface area contributed by atoms with Crippen LogP contribution >= 0.6 is 11.8 Å². The van der Waals surface area contributed by atoms with Gasteiger partial charge < -0.3 is 10.2 Å². The third kappa shape index (κ3) is 2.44. The molecule has 0 aliphatic carbocycles. The Labute approximate surface area is 99.3 Å². The van der Waals surface area contributed by atoms with Crippen LogP contribution < -0.4 is 5.73 Å². The van der Waals surface area contributed by atoms with Crippen LogP contribution in [0.25, 0.3) is 0 Å². The smallest absolute Gasteiger partial charge is 0.260 e. The normalized spacial score (nSPS) is 10.5. The summed E-state index contributed by atoms with van der Waals surface area (Å²) in [5, 5.41) is 7.24. The maximum absolute atomic E-state index is 13.6. The van der Waals surface area contributed by atoms with E-state index in [0.29, 0.717) is 0 Å². The van der Waals surface area contributed by atoms with Gasteiger partial charge in [-0.1, -0.05) is 0 Å². The number of hydrogen-bond acceptors (Lipinski definition) is 4. The molecular formula is C10H7F2N3OS. The van der Waals surface area contributed by atoms with Crippen LogP contribution in [0.2, 0.25) is 0 Å². The minimum Gasteiger partial charge on any atom is -0.440 e. The molecule has 3 N–H and O–H groups in total. The number of nitrogens with zero attached hydrogens (tertiary/aromatic N) is 1. The van der Waals surface area contributed by atoms with Gasteiger partial charge in [-0.15, -0.1) is 0 Å². The Bertz CT molecular complexity index is 534. The molecule has 1 aromatic heterocycles. The third-order valence-corrected chi connectivity index (χ3v) is 2.88. The predicted octanol–water partition coefficient (Wildman–Crippen LogP) is 2.39. The molecule has 0 unspecified atom stereocenters. The molecule has 1 heterocycles. The average Bonchev–Trinajstić information content (AvgIpc) is 2.75. The molecule has 0 amide bonds. The van der Waals surface area contributed by atoms with E-state index in [0.717, 1.165) is 23.9 Å². The predicted molar refractivity (Wildman–Crippen MR) is 58.0 cm³/mol. The third-order valence-electron chi connectivity index (χ3n) is 1.91. The van der Waals surface area contributed by atoms with E-state index < -0.39 is 17.5 Å². The van der Waals surface area contributed by atoms with Gasteiger partial charge in [0, 0.05) is 5.56 Å². The van der Waals surface area contributed by atoms with E-state index in [4.69, 9.17) is 15.6 Å². The Morgan fingerprint density at radius 1 is 1.35 bits per heavy atom. The number of amidine groups is 1. The lowest BCUT2D eigenvalue weighted by Crippen LogP contribution is -2.12. The number of nitrogens with one attached hydrogen (secondary N) is 1. The second-order valence-electron chi connectivity index (χ2n) is 3.08. The van der Waals surface area contributed by atoms with E-state index in [-0.39, 0.29) is 15.7 Å². The molecule has 88 valence electrons. The lowest BCUT2D eigenvalue weighted by molar-refractivity contribution is 0.452. The van der Waals surface area contributed by atoms with Crippen molar-refractivity contribution < 1.29 is 13.2 Å². The summed E-state index contributed by atoms with van der Waals surface area (Å²) in [6.07, 6.45) is 2.68. The van der Waals surface area contributed by atoms with Gasteiger partial charge >= 0.3 is 0 Å². The first-order valence-corrected chi connectivity index (χ1v) is 5.30. The first-order chi connectivity index (χ1) is 8.08. The summed E-state index contributed by atoms with van der Waals surface area (Å²) >= 11 is 0.729. The average molecular weight is 255 g/mol. The molecule has 2 aromatic rings. The Hall–Kier alpha value is -1.89. The maximum Gasteiger partial charge on any atom is 0.260 e. The highest BCUT2D eigenvalue weighted by Gasteiger charge is 2.15. The molecule has 4 nitrogen and oxygen atoms in total. The van der Waals surface area contributed by atoms with E-state index in [9.17, 15) is 8.78 Å². The van der Waals surface area contributed by atoms with Crippen molar-refractivity contribution in [1.82, 2.24) is 4.98 Å². The zero-order valence-corrected chi connectivity index (χ0v) is 9.22. The Kier molecular flexibility index (Phi) is 3.10. The molecule has 1 aromatic carbocycles. The van der Waals surface area contributed by atoms with Gasteiger partial charge in [0.1, 0.15) is 23.7 Å². The van der Waals surface area contributed by atoms with Crippen molar-refractivity contribution in [3.05, 3.63) is 41.8 Å². The van der Waals surface area contributed by atoms with Crippen LogP contribution in [0, 0.1) is 17.0 Å². The molecule has 0 atom stereocenters. The molecular weight excluding hydrogens is 248 g/mol. The van der Waals surface area contributed by atoms with Gasteiger partial charge in [0.25, 0.3) is 5.22 Å². The summed E-state index contributed by atoms with van der Waals surface area (Å²) in [4.78, 5) is 3.51. The van der Waals surface area contributed by atoms with Crippen molar-refractivity contribution in [2.24, 2.45) is 5.73 Å². The highest BCUT2D eigenvalue weighted by Crippen LogP contribution is 2.31. The summed E-state index contributed by atoms with van der Waals surface area (Å²) < 4.78 is 32.0. The summed E-state index contributed by atoms with van der Waals surface area (Å²) in [6, 6.07) is 1.99. The first-order valence-electron chi connectivity index (χ1n) is 4.48. The molecule has 2 rings (SSSR count). The number of nitrogen functional groups attached to an aromatic ring is 1. The van der Waals surface area contributed by atoms with E-state index in [1.165, 1.54) is 12.5 Å². The lowest BCUT2D eigenvalue weighted by Gasteiger charge is -2.04. The summed E-state index contributed by atoms with van der Waals surface area (Å²) in [6.45, 7) is 0. The topological polar surface area (TPSA) is 75.9 Å². The molecule has 0 aliphatic heterocycles. The molecule has 0 bridgehead atoms. The van der Waals surface area contributed by atoms with Crippen LogP contribution in [0.15, 0.2) is 39.1 Å². The number of halogens is 2. The monoisotopic (exact) mass is 255 g/mol. The van der Waals surface area contributed by atoms with Crippen LogP contribution in [-0.2, 0) is 0 Å². The molecule has 17 heavy (non-hydrogen) atoms. The van der Waals surface area contributed by atoms with Gasteiger partial charge in [-0.25, -0.2) is 13.8 Å². The molecule has 0 saturated heterocycles. The fourth-order valence-corrected chi connectivity index (χ4v) is 1.87. The standard InChI is InChI=1S/C10H7F2N3OS/c11-6-3-5(9(13)14)4-7(12)8(6)17-10-15-1-2-16-10/h1-4H,(H3,13,14). The Balaban J connectivity index is 2.38. The van der Waals surface area contributed by atoms with Crippen LogP contribution in [0.5, 0.6) is 0 Å². The van der Waals surface area contributed by atoms with Crippen LogP contribution in [0.3, 0.4) is 0 Å². The minimum atomic E-state index is -0.807. The fraction of sp³-hybridized carbons (Fsp3) is 0. The number of hydrogen-bond donors (Lipinski definition) is 2. The Morgan fingerprint density at radius 3 is 2.47 bits per heavy atom.